The van der Waals surface area contributed by atoms with E-state index in [0.29, 0.717) is 13.0 Å². The first-order chi connectivity index (χ1) is 7.56. The molecule has 1 aromatic rings. The van der Waals surface area contributed by atoms with E-state index in [1.165, 1.54) is 0 Å². The minimum atomic E-state index is -0.809. The molecular weight excluding hydrogens is 204 g/mol. The van der Waals surface area contributed by atoms with Gasteiger partial charge in [0.2, 0.25) is 5.91 Å². The number of aromatic nitrogens is 2. The number of rotatable bonds is 5. The van der Waals surface area contributed by atoms with E-state index < -0.39 is 5.54 Å². The summed E-state index contributed by atoms with van der Waals surface area (Å²) in [6.07, 6.45) is 3.14. The monoisotopic (exact) mass is 222 g/mol. The van der Waals surface area contributed by atoms with E-state index in [2.05, 4.69) is 15.5 Å². The van der Waals surface area contributed by atoms with Crippen molar-refractivity contribution in [2.45, 2.75) is 38.8 Å². The summed E-state index contributed by atoms with van der Waals surface area (Å²) in [5.74, 6) is -0.153. The van der Waals surface area contributed by atoms with Gasteiger partial charge >= 0.3 is 0 Å². The Balaban J connectivity index is 2.47. The fraction of sp³-hybridized carbons (Fsp3) is 0.545. The molecule has 5 heteroatoms. The maximum atomic E-state index is 11.7. The van der Waals surface area contributed by atoms with E-state index in [1.54, 1.807) is 25.3 Å². The number of carbonyl (C=O) groups excluding carboxylic acids is 1. The second kappa shape index (κ2) is 5.55. The Morgan fingerprint density at radius 3 is 2.94 bits per heavy atom. The average Bonchev–Trinajstić information content (AvgIpc) is 2.27. The van der Waals surface area contributed by atoms with Gasteiger partial charge in [-0.3, -0.25) is 4.79 Å². The van der Waals surface area contributed by atoms with Crippen molar-refractivity contribution in [2.75, 3.05) is 0 Å². The molecule has 0 spiro atoms. The Hall–Kier alpha value is -1.49. The molecule has 1 aromatic heterocycles. The zero-order chi connectivity index (χ0) is 12.0. The maximum Gasteiger partial charge on any atom is 0.240 e. The summed E-state index contributed by atoms with van der Waals surface area (Å²) in [5, 5.41) is 10.4. The van der Waals surface area contributed by atoms with Crippen LogP contribution in [0.3, 0.4) is 0 Å². The smallest absolute Gasteiger partial charge is 0.240 e. The lowest BCUT2D eigenvalue weighted by Gasteiger charge is -2.22. The Bertz CT molecular complexity index is 337. The molecule has 5 nitrogen and oxygen atoms in total. The molecule has 1 heterocycles. The molecule has 1 unspecified atom stereocenters. The molecule has 0 bridgehead atoms. The summed E-state index contributed by atoms with van der Waals surface area (Å²) in [5.41, 5.74) is 5.80. The highest BCUT2D eigenvalue weighted by Crippen LogP contribution is 2.08. The second-order valence-electron chi connectivity index (χ2n) is 4.07. The van der Waals surface area contributed by atoms with Crippen LogP contribution in [0.4, 0.5) is 0 Å². The first kappa shape index (κ1) is 12.6. The lowest BCUT2D eigenvalue weighted by Crippen LogP contribution is -2.51. The number of carbonyl (C=O) groups is 1. The van der Waals surface area contributed by atoms with Crippen LogP contribution in [0.2, 0.25) is 0 Å². The quantitative estimate of drug-likeness (QED) is 0.765. The number of nitrogens with one attached hydrogen (secondary N) is 1. The maximum absolute atomic E-state index is 11.7. The summed E-state index contributed by atoms with van der Waals surface area (Å²) in [7, 11) is 0. The molecule has 0 aliphatic carbocycles. The lowest BCUT2D eigenvalue weighted by atomic mass is 9.96. The third-order valence-corrected chi connectivity index (χ3v) is 2.35. The van der Waals surface area contributed by atoms with Gasteiger partial charge in [0.05, 0.1) is 17.8 Å². The van der Waals surface area contributed by atoms with Gasteiger partial charge in [-0.05, 0) is 25.5 Å². The Labute approximate surface area is 95.4 Å². The summed E-state index contributed by atoms with van der Waals surface area (Å²) >= 11 is 0. The molecule has 1 rings (SSSR count). The van der Waals surface area contributed by atoms with Crippen LogP contribution in [-0.2, 0) is 11.3 Å². The second-order valence-corrected chi connectivity index (χ2v) is 4.07. The highest BCUT2D eigenvalue weighted by atomic mass is 16.2. The molecule has 0 radical (unpaired) electrons. The number of nitrogens with zero attached hydrogens (tertiary/aromatic N) is 2. The van der Waals surface area contributed by atoms with Crippen LogP contribution in [0.1, 0.15) is 32.4 Å². The number of hydrogen-bond donors (Lipinski definition) is 2. The molecule has 0 aliphatic rings. The van der Waals surface area contributed by atoms with E-state index >= 15 is 0 Å². The molecule has 16 heavy (non-hydrogen) atoms. The minimum absolute atomic E-state index is 0.153. The van der Waals surface area contributed by atoms with Gasteiger partial charge in [-0.1, -0.05) is 13.3 Å². The Morgan fingerprint density at radius 1 is 1.62 bits per heavy atom. The van der Waals surface area contributed by atoms with Gasteiger partial charge in [0.1, 0.15) is 0 Å². The highest BCUT2D eigenvalue weighted by molar-refractivity contribution is 5.85. The van der Waals surface area contributed by atoms with Crippen molar-refractivity contribution in [1.29, 1.82) is 0 Å². The van der Waals surface area contributed by atoms with Crippen LogP contribution in [-0.4, -0.2) is 21.6 Å². The predicted octanol–water partition coefficient (Wildman–Crippen LogP) is 0.610. The number of nitrogens with two attached hydrogens (primary N) is 1. The van der Waals surface area contributed by atoms with Crippen LogP contribution < -0.4 is 11.1 Å². The summed E-state index contributed by atoms with van der Waals surface area (Å²) < 4.78 is 0. The summed E-state index contributed by atoms with van der Waals surface area (Å²) in [6, 6.07) is 3.59. The predicted molar refractivity (Wildman–Crippen MR) is 61.4 cm³/mol. The first-order valence-electron chi connectivity index (χ1n) is 5.40. The minimum Gasteiger partial charge on any atom is -0.349 e. The standard InChI is InChI=1S/C11H18N4O/c1-3-6-11(2,12)10(16)13-8-9-5-4-7-14-15-9/h4-5,7H,3,6,8,12H2,1-2H3,(H,13,16). The van der Waals surface area contributed by atoms with Gasteiger partial charge in [-0.15, -0.1) is 0 Å². The molecule has 0 saturated carbocycles. The summed E-state index contributed by atoms with van der Waals surface area (Å²) in [4.78, 5) is 11.7. The molecule has 1 atom stereocenters. The molecule has 0 fully saturated rings. The van der Waals surface area contributed by atoms with Gasteiger partial charge in [0, 0.05) is 6.20 Å². The van der Waals surface area contributed by atoms with Gasteiger partial charge < -0.3 is 11.1 Å². The van der Waals surface area contributed by atoms with Crippen molar-refractivity contribution in [3.8, 4) is 0 Å². The largest absolute Gasteiger partial charge is 0.349 e. The average molecular weight is 222 g/mol. The topological polar surface area (TPSA) is 80.9 Å². The van der Waals surface area contributed by atoms with Crippen LogP contribution in [0.15, 0.2) is 18.3 Å². The third-order valence-electron chi connectivity index (χ3n) is 2.35. The van der Waals surface area contributed by atoms with Gasteiger partial charge in [0.25, 0.3) is 0 Å². The number of amides is 1. The Morgan fingerprint density at radius 2 is 2.38 bits per heavy atom. The molecule has 88 valence electrons. The van der Waals surface area contributed by atoms with E-state index in [9.17, 15) is 4.79 Å². The van der Waals surface area contributed by atoms with Crippen molar-refractivity contribution >= 4 is 5.91 Å². The van der Waals surface area contributed by atoms with Gasteiger partial charge in [0.15, 0.2) is 0 Å². The van der Waals surface area contributed by atoms with Crippen molar-refractivity contribution in [2.24, 2.45) is 5.73 Å². The van der Waals surface area contributed by atoms with Crippen LogP contribution in [0.5, 0.6) is 0 Å². The van der Waals surface area contributed by atoms with E-state index in [4.69, 9.17) is 5.73 Å². The van der Waals surface area contributed by atoms with Crippen LogP contribution >= 0.6 is 0 Å². The normalized spacial score (nSPS) is 14.2. The van der Waals surface area contributed by atoms with E-state index in [-0.39, 0.29) is 5.91 Å². The summed E-state index contributed by atoms with van der Waals surface area (Å²) in [6.45, 7) is 4.10. The van der Waals surface area contributed by atoms with Crippen molar-refractivity contribution in [3.05, 3.63) is 24.0 Å². The van der Waals surface area contributed by atoms with Gasteiger partial charge in [-0.2, -0.15) is 10.2 Å². The van der Waals surface area contributed by atoms with Crippen molar-refractivity contribution in [1.82, 2.24) is 15.5 Å². The molecule has 0 aliphatic heterocycles. The zero-order valence-corrected chi connectivity index (χ0v) is 9.73. The first-order valence-corrected chi connectivity index (χ1v) is 5.40. The Kier molecular flexibility index (Phi) is 4.37. The van der Waals surface area contributed by atoms with Crippen molar-refractivity contribution < 1.29 is 4.79 Å². The molecule has 1 amide bonds. The molecule has 3 N–H and O–H groups in total. The number of hydrogen-bond acceptors (Lipinski definition) is 4. The van der Waals surface area contributed by atoms with E-state index in [0.717, 1.165) is 12.1 Å². The lowest BCUT2D eigenvalue weighted by molar-refractivity contribution is -0.126. The van der Waals surface area contributed by atoms with Crippen LogP contribution in [0.25, 0.3) is 0 Å². The fourth-order valence-electron chi connectivity index (χ4n) is 1.43. The zero-order valence-electron chi connectivity index (χ0n) is 9.73. The highest BCUT2D eigenvalue weighted by Gasteiger charge is 2.26. The SMILES string of the molecule is CCCC(C)(N)C(=O)NCc1cccnn1. The third kappa shape index (κ3) is 3.58. The van der Waals surface area contributed by atoms with Crippen molar-refractivity contribution in [3.63, 3.8) is 0 Å². The van der Waals surface area contributed by atoms with Gasteiger partial charge in [-0.25, -0.2) is 0 Å². The fourth-order valence-corrected chi connectivity index (χ4v) is 1.43. The molecule has 0 aromatic carbocycles. The molecule has 0 saturated heterocycles. The van der Waals surface area contributed by atoms with Crippen LogP contribution in [0, 0.1) is 0 Å². The molecular formula is C11H18N4O. The van der Waals surface area contributed by atoms with E-state index in [1.807, 2.05) is 6.92 Å².